The first kappa shape index (κ1) is 17.7. The molecule has 1 N–H and O–H groups in total. The minimum Gasteiger partial charge on any atom is -0.480 e. The molecule has 124 valence electrons. The average molecular weight is 355 g/mol. The second-order valence-electron chi connectivity index (χ2n) is 5.26. The first-order valence-corrected chi connectivity index (χ1v) is 8.98. The molecule has 0 spiro atoms. The van der Waals surface area contributed by atoms with E-state index in [0.29, 0.717) is 24.9 Å². The molecule has 1 aromatic rings. The molecule has 1 aliphatic heterocycles. The van der Waals surface area contributed by atoms with Crippen LogP contribution in [0.25, 0.3) is 0 Å². The van der Waals surface area contributed by atoms with E-state index < -0.39 is 23.2 Å². The molecule has 2 rings (SSSR count). The number of thioether (sulfide) groups is 1. The number of hydrogen-bond acceptors (Lipinski definition) is 6. The minimum atomic E-state index is -1.03. The molecule has 2 heterocycles. The minimum absolute atomic E-state index is 0.164. The van der Waals surface area contributed by atoms with Gasteiger partial charge in [0.05, 0.1) is 5.25 Å². The van der Waals surface area contributed by atoms with E-state index in [0.717, 1.165) is 11.8 Å². The first-order valence-electron chi connectivity index (χ1n) is 7.16. The maximum Gasteiger partial charge on any atom is 0.326 e. The molecule has 0 aromatic carbocycles. The first-order chi connectivity index (χ1) is 10.9. The van der Waals surface area contributed by atoms with Crippen LogP contribution in [0.15, 0.2) is 16.8 Å². The summed E-state index contributed by atoms with van der Waals surface area (Å²) in [6, 6.07) is 0.822. The topological polar surface area (TPSA) is 91.8 Å². The van der Waals surface area contributed by atoms with Crippen molar-refractivity contribution in [1.29, 1.82) is 0 Å². The second kappa shape index (κ2) is 7.74. The molecular weight excluding hydrogens is 338 g/mol. The van der Waals surface area contributed by atoms with Gasteiger partial charge in [0.15, 0.2) is 10.9 Å². The van der Waals surface area contributed by atoms with Crippen LogP contribution in [0.1, 0.15) is 36.5 Å². The highest BCUT2D eigenvalue weighted by atomic mass is 32.2. The van der Waals surface area contributed by atoms with E-state index in [1.165, 1.54) is 23.2 Å². The molecule has 1 saturated heterocycles. The smallest absolute Gasteiger partial charge is 0.326 e. The number of amides is 1. The van der Waals surface area contributed by atoms with Gasteiger partial charge in [-0.15, -0.1) is 0 Å². The van der Waals surface area contributed by atoms with Gasteiger partial charge in [-0.2, -0.15) is 11.3 Å². The number of rotatable bonds is 6. The zero-order valence-electron chi connectivity index (χ0n) is 12.6. The molecule has 0 aliphatic carbocycles. The lowest BCUT2D eigenvalue weighted by Gasteiger charge is -2.23. The highest BCUT2D eigenvalue weighted by Crippen LogP contribution is 2.25. The number of carbonyl (C=O) groups is 4. The number of nitrogens with zero attached hydrogens (tertiary/aromatic N) is 1. The van der Waals surface area contributed by atoms with E-state index >= 15 is 0 Å². The zero-order chi connectivity index (χ0) is 17.0. The molecule has 2 atom stereocenters. The monoisotopic (exact) mass is 355 g/mol. The molecule has 0 saturated carbocycles. The summed E-state index contributed by atoms with van der Waals surface area (Å²) in [4.78, 5) is 48.8. The van der Waals surface area contributed by atoms with Crippen molar-refractivity contribution < 1.29 is 24.3 Å². The fourth-order valence-corrected chi connectivity index (χ4v) is 4.09. The Kier molecular flexibility index (Phi) is 5.95. The lowest BCUT2D eigenvalue weighted by molar-refractivity contribution is -0.148. The maximum atomic E-state index is 12.5. The molecule has 0 bridgehead atoms. The molecular formula is C15H17NO5S2. The number of carboxylic acid groups (broad SMARTS) is 1. The van der Waals surface area contributed by atoms with E-state index in [4.69, 9.17) is 5.11 Å². The zero-order valence-corrected chi connectivity index (χ0v) is 14.2. The third kappa shape index (κ3) is 4.42. The fourth-order valence-electron chi connectivity index (χ4n) is 2.58. The fraction of sp³-hybridized carbons (Fsp3) is 0.467. The van der Waals surface area contributed by atoms with Gasteiger partial charge in [0.25, 0.3) is 0 Å². The number of carbonyl (C=O) groups excluding carboxylic acids is 3. The number of hydrogen-bond donors (Lipinski definition) is 1. The van der Waals surface area contributed by atoms with Crippen molar-refractivity contribution in [2.45, 2.75) is 37.5 Å². The molecule has 6 nitrogen and oxygen atoms in total. The molecule has 23 heavy (non-hydrogen) atoms. The quantitative estimate of drug-likeness (QED) is 0.785. The Labute approximate surface area is 141 Å². The van der Waals surface area contributed by atoms with Gasteiger partial charge in [-0.25, -0.2) is 4.79 Å². The van der Waals surface area contributed by atoms with Gasteiger partial charge >= 0.3 is 5.97 Å². The van der Waals surface area contributed by atoms with E-state index in [1.54, 1.807) is 16.8 Å². The van der Waals surface area contributed by atoms with Crippen LogP contribution in [0.5, 0.6) is 0 Å². The maximum absolute atomic E-state index is 12.5. The Hall–Kier alpha value is -1.67. The van der Waals surface area contributed by atoms with Gasteiger partial charge in [0.2, 0.25) is 5.91 Å². The van der Waals surface area contributed by atoms with Gasteiger partial charge in [0, 0.05) is 30.8 Å². The van der Waals surface area contributed by atoms with Crippen molar-refractivity contribution in [3.05, 3.63) is 22.4 Å². The lowest BCUT2D eigenvalue weighted by Crippen LogP contribution is -2.42. The van der Waals surface area contributed by atoms with E-state index in [1.807, 2.05) is 0 Å². The predicted octanol–water partition coefficient (Wildman–Crippen LogP) is 2.04. The third-order valence-electron chi connectivity index (χ3n) is 3.62. The summed E-state index contributed by atoms with van der Waals surface area (Å²) in [7, 11) is 0. The Morgan fingerprint density at radius 1 is 1.43 bits per heavy atom. The van der Waals surface area contributed by atoms with Crippen LogP contribution in [0.4, 0.5) is 0 Å². The van der Waals surface area contributed by atoms with Crippen LogP contribution >= 0.6 is 23.1 Å². The molecule has 8 heteroatoms. The molecule has 1 fully saturated rings. The van der Waals surface area contributed by atoms with Crippen LogP contribution in [-0.4, -0.2) is 50.6 Å². The molecule has 1 unspecified atom stereocenters. The predicted molar refractivity (Wildman–Crippen MR) is 87.7 cm³/mol. The molecule has 1 aromatic heterocycles. The summed E-state index contributed by atoms with van der Waals surface area (Å²) in [5.74, 6) is -1.70. The Morgan fingerprint density at radius 3 is 2.74 bits per heavy atom. The van der Waals surface area contributed by atoms with Gasteiger partial charge in [-0.3, -0.25) is 14.4 Å². The van der Waals surface area contributed by atoms with Crippen LogP contribution in [0.3, 0.4) is 0 Å². The number of ketones is 1. The summed E-state index contributed by atoms with van der Waals surface area (Å²) in [6.45, 7) is 1.72. The van der Waals surface area contributed by atoms with Gasteiger partial charge in [-0.1, -0.05) is 11.8 Å². The Morgan fingerprint density at radius 2 is 2.17 bits per heavy atom. The molecule has 1 amide bonds. The highest BCUT2D eigenvalue weighted by molar-refractivity contribution is 8.14. The second-order valence-corrected chi connectivity index (χ2v) is 7.42. The van der Waals surface area contributed by atoms with E-state index in [9.17, 15) is 19.2 Å². The summed E-state index contributed by atoms with van der Waals surface area (Å²) in [6.07, 6.45) is 0.887. The summed E-state index contributed by atoms with van der Waals surface area (Å²) in [5, 5.41) is 11.5. The van der Waals surface area contributed by atoms with E-state index in [-0.39, 0.29) is 17.3 Å². The Balaban J connectivity index is 2.11. The number of Topliss-reactive ketones (excluding diaryl/α,β-unsaturated/α-hetero) is 1. The molecule has 0 radical (unpaired) electrons. The van der Waals surface area contributed by atoms with Crippen LogP contribution < -0.4 is 0 Å². The lowest BCUT2D eigenvalue weighted by atomic mass is 10.1. The molecule has 1 aliphatic rings. The summed E-state index contributed by atoms with van der Waals surface area (Å²) >= 11 is 2.19. The van der Waals surface area contributed by atoms with Gasteiger partial charge in [0.1, 0.15) is 6.04 Å². The standard InChI is InChI=1S/C15H17NO5S2/c1-9(17)23-12(14(19)10-4-6-22-8-10)7-13(18)16-5-2-3-11(16)15(20)21/h4,6,8,11-12H,2-3,5,7H2,1H3,(H,20,21)/t11-,12?/m0/s1. The highest BCUT2D eigenvalue weighted by Gasteiger charge is 2.36. The number of thiophene rings is 1. The SMILES string of the molecule is CC(=O)SC(CC(=O)N1CCC[C@H]1C(=O)O)C(=O)c1ccsc1. The van der Waals surface area contributed by atoms with Crippen molar-refractivity contribution in [2.75, 3.05) is 6.54 Å². The summed E-state index contributed by atoms with van der Waals surface area (Å²) in [5.41, 5.74) is 0.470. The normalized spacial score (nSPS) is 18.7. The van der Waals surface area contributed by atoms with E-state index in [2.05, 4.69) is 0 Å². The third-order valence-corrected chi connectivity index (χ3v) is 5.30. The van der Waals surface area contributed by atoms with Crippen molar-refractivity contribution >= 4 is 45.9 Å². The van der Waals surface area contributed by atoms with Crippen molar-refractivity contribution in [1.82, 2.24) is 4.90 Å². The number of likely N-dealkylation sites (tertiary alicyclic amines) is 1. The van der Waals surface area contributed by atoms with Crippen LogP contribution in [-0.2, 0) is 14.4 Å². The van der Waals surface area contributed by atoms with Crippen molar-refractivity contribution in [3.8, 4) is 0 Å². The van der Waals surface area contributed by atoms with Crippen molar-refractivity contribution in [2.24, 2.45) is 0 Å². The Bertz CT molecular complexity index is 613. The van der Waals surface area contributed by atoms with Crippen molar-refractivity contribution in [3.63, 3.8) is 0 Å². The van der Waals surface area contributed by atoms with Gasteiger partial charge in [-0.05, 0) is 24.3 Å². The number of aliphatic carboxylic acids is 1. The van der Waals surface area contributed by atoms with Crippen LogP contribution in [0, 0.1) is 0 Å². The van der Waals surface area contributed by atoms with Gasteiger partial charge < -0.3 is 10.0 Å². The number of carboxylic acids is 1. The largest absolute Gasteiger partial charge is 0.480 e. The average Bonchev–Trinajstić information content (AvgIpc) is 3.16. The summed E-state index contributed by atoms with van der Waals surface area (Å²) < 4.78 is 0. The van der Waals surface area contributed by atoms with Crippen LogP contribution in [0.2, 0.25) is 0 Å².